The van der Waals surface area contributed by atoms with E-state index >= 15 is 0 Å². The number of nitrogens with one attached hydrogen (secondary N) is 1. The fourth-order valence-corrected chi connectivity index (χ4v) is 3.37. The van der Waals surface area contributed by atoms with E-state index < -0.39 is 0 Å². The summed E-state index contributed by atoms with van der Waals surface area (Å²) in [5, 5.41) is 4.01. The Balaban J connectivity index is 2.39. The first-order chi connectivity index (χ1) is 9.11. The average Bonchev–Trinajstić information content (AvgIpc) is 2.38. The van der Waals surface area contributed by atoms with Crippen LogP contribution in [-0.4, -0.2) is 7.05 Å². The van der Waals surface area contributed by atoms with Crippen molar-refractivity contribution >= 4 is 23.4 Å². The maximum atomic E-state index is 6.36. The molecular weight excluding hydrogens is 274 g/mol. The smallest absolute Gasteiger partial charge is 0.0548 e. The summed E-state index contributed by atoms with van der Waals surface area (Å²) in [7, 11) is 1.95. The Morgan fingerprint density at radius 3 is 2.68 bits per heavy atom. The van der Waals surface area contributed by atoms with Gasteiger partial charge in [-0.1, -0.05) is 47.6 Å². The third-order valence-electron chi connectivity index (χ3n) is 2.97. The molecule has 0 amide bonds. The quantitative estimate of drug-likeness (QED) is 0.866. The maximum absolute atomic E-state index is 6.36. The molecule has 0 saturated heterocycles. The molecule has 100 valence electrons. The van der Waals surface area contributed by atoms with E-state index in [4.69, 9.17) is 11.6 Å². The summed E-state index contributed by atoms with van der Waals surface area (Å²) in [6.45, 7) is 5.08. The fraction of sp³-hybridized carbons (Fsp3) is 0.250. The molecule has 0 aliphatic carbocycles. The minimum Gasteiger partial charge on any atom is -0.316 e. The SMILES string of the molecule is CNCc1cccc(Cl)c1Sc1cc(C)ccc1C. The van der Waals surface area contributed by atoms with E-state index in [1.54, 1.807) is 11.8 Å². The molecule has 0 atom stereocenters. The van der Waals surface area contributed by atoms with Gasteiger partial charge in [-0.3, -0.25) is 0 Å². The fourth-order valence-electron chi connectivity index (χ4n) is 1.92. The van der Waals surface area contributed by atoms with Crippen molar-refractivity contribution in [1.82, 2.24) is 5.32 Å². The van der Waals surface area contributed by atoms with E-state index in [-0.39, 0.29) is 0 Å². The van der Waals surface area contributed by atoms with Gasteiger partial charge in [-0.2, -0.15) is 0 Å². The van der Waals surface area contributed by atoms with Gasteiger partial charge in [-0.05, 0) is 49.7 Å². The maximum Gasteiger partial charge on any atom is 0.0548 e. The molecule has 0 spiro atoms. The van der Waals surface area contributed by atoms with Crippen LogP contribution in [0, 0.1) is 13.8 Å². The molecule has 0 aliphatic heterocycles. The molecule has 0 fully saturated rings. The van der Waals surface area contributed by atoms with Gasteiger partial charge in [0.25, 0.3) is 0 Å². The van der Waals surface area contributed by atoms with Gasteiger partial charge in [0.05, 0.1) is 5.02 Å². The highest BCUT2D eigenvalue weighted by Gasteiger charge is 2.10. The van der Waals surface area contributed by atoms with Crippen LogP contribution >= 0.6 is 23.4 Å². The first kappa shape index (κ1) is 14.4. The highest BCUT2D eigenvalue weighted by Crippen LogP contribution is 2.37. The molecule has 0 aliphatic rings. The zero-order chi connectivity index (χ0) is 13.8. The summed E-state index contributed by atoms with van der Waals surface area (Å²) in [5.41, 5.74) is 3.79. The monoisotopic (exact) mass is 291 g/mol. The van der Waals surface area contributed by atoms with Crippen LogP contribution in [0.2, 0.25) is 5.02 Å². The summed E-state index contributed by atoms with van der Waals surface area (Å²) in [4.78, 5) is 2.41. The van der Waals surface area contributed by atoms with Crippen LogP contribution in [0.4, 0.5) is 0 Å². The van der Waals surface area contributed by atoms with Crippen LogP contribution in [0.3, 0.4) is 0 Å². The standard InChI is InChI=1S/C16H18ClNS/c1-11-7-8-12(2)15(9-11)19-16-13(10-18-3)5-4-6-14(16)17/h4-9,18H,10H2,1-3H3. The van der Waals surface area contributed by atoms with Gasteiger partial charge in [0.1, 0.15) is 0 Å². The van der Waals surface area contributed by atoms with Crippen LogP contribution in [0.5, 0.6) is 0 Å². The summed E-state index contributed by atoms with van der Waals surface area (Å²) in [5.74, 6) is 0. The molecule has 1 nitrogen and oxygen atoms in total. The Morgan fingerprint density at radius 1 is 1.16 bits per heavy atom. The molecular formula is C16H18ClNS. The summed E-state index contributed by atoms with van der Waals surface area (Å²) < 4.78 is 0. The predicted molar refractivity (Wildman–Crippen MR) is 84.3 cm³/mol. The Hall–Kier alpha value is -0.960. The first-order valence-corrected chi connectivity index (χ1v) is 7.48. The van der Waals surface area contributed by atoms with Crippen LogP contribution in [-0.2, 0) is 6.54 Å². The van der Waals surface area contributed by atoms with Gasteiger partial charge in [-0.15, -0.1) is 0 Å². The van der Waals surface area contributed by atoms with Crippen molar-refractivity contribution in [3.63, 3.8) is 0 Å². The summed E-state index contributed by atoms with van der Waals surface area (Å²) in [6.07, 6.45) is 0. The third kappa shape index (κ3) is 3.53. The lowest BCUT2D eigenvalue weighted by atomic mass is 10.2. The number of aryl methyl sites for hydroxylation is 2. The largest absolute Gasteiger partial charge is 0.316 e. The zero-order valence-corrected chi connectivity index (χ0v) is 13.0. The number of hydrogen-bond acceptors (Lipinski definition) is 2. The van der Waals surface area contributed by atoms with Crippen molar-refractivity contribution < 1.29 is 0 Å². The molecule has 0 heterocycles. The van der Waals surface area contributed by atoms with Crippen LogP contribution < -0.4 is 5.32 Å². The van der Waals surface area contributed by atoms with E-state index in [1.807, 2.05) is 19.2 Å². The lowest BCUT2D eigenvalue weighted by molar-refractivity contribution is 0.803. The molecule has 2 aromatic carbocycles. The van der Waals surface area contributed by atoms with Crippen molar-refractivity contribution in [2.24, 2.45) is 0 Å². The summed E-state index contributed by atoms with van der Waals surface area (Å²) >= 11 is 8.11. The minimum atomic E-state index is 0.818. The van der Waals surface area contributed by atoms with Gasteiger partial charge in [-0.25, -0.2) is 0 Å². The molecule has 2 aromatic rings. The number of rotatable bonds is 4. The van der Waals surface area contributed by atoms with Crippen molar-refractivity contribution in [3.8, 4) is 0 Å². The molecule has 1 N–H and O–H groups in total. The molecule has 0 radical (unpaired) electrons. The predicted octanol–water partition coefficient (Wildman–Crippen LogP) is 4.83. The van der Waals surface area contributed by atoms with Crippen molar-refractivity contribution in [1.29, 1.82) is 0 Å². The molecule has 3 heteroatoms. The van der Waals surface area contributed by atoms with Crippen molar-refractivity contribution in [2.45, 2.75) is 30.2 Å². The Kier molecular flexibility index (Phi) is 4.92. The molecule has 0 aromatic heterocycles. The molecule has 2 rings (SSSR count). The molecule has 0 unspecified atom stereocenters. The zero-order valence-electron chi connectivity index (χ0n) is 11.5. The van der Waals surface area contributed by atoms with E-state index in [9.17, 15) is 0 Å². The topological polar surface area (TPSA) is 12.0 Å². The van der Waals surface area contributed by atoms with Gasteiger partial charge in [0.2, 0.25) is 0 Å². The van der Waals surface area contributed by atoms with Gasteiger partial charge in [0.15, 0.2) is 0 Å². The third-order valence-corrected chi connectivity index (χ3v) is 4.74. The van der Waals surface area contributed by atoms with Crippen molar-refractivity contribution in [2.75, 3.05) is 7.05 Å². The van der Waals surface area contributed by atoms with Gasteiger partial charge in [0, 0.05) is 16.3 Å². The van der Waals surface area contributed by atoms with E-state index in [1.165, 1.54) is 21.6 Å². The Morgan fingerprint density at radius 2 is 1.95 bits per heavy atom. The van der Waals surface area contributed by atoms with Crippen LogP contribution in [0.1, 0.15) is 16.7 Å². The number of benzene rings is 2. The molecule has 0 bridgehead atoms. The van der Waals surface area contributed by atoms with Gasteiger partial charge < -0.3 is 5.32 Å². The van der Waals surface area contributed by atoms with Gasteiger partial charge >= 0.3 is 0 Å². The highest BCUT2D eigenvalue weighted by molar-refractivity contribution is 7.99. The normalized spacial score (nSPS) is 10.7. The van der Waals surface area contributed by atoms with E-state index in [0.717, 1.165) is 16.5 Å². The lowest BCUT2D eigenvalue weighted by Crippen LogP contribution is -2.06. The second-order valence-corrected chi connectivity index (χ2v) is 6.09. The molecule has 19 heavy (non-hydrogen) atoms. The second kappa shape index (κ2) is 6.47. The number of halogens is 1. The second-order valence-electron chi connectivity index (χ2n) is 4.63. The number of hydrogen-bond donors (Lipinski definition) is 1. The highest BCUT2D eigenvalue weighted by atomic mass is 35.5. The lowest BCUT2D eigenvalue weighted by Gasteiger charge is -2.12. The van der Waals surface area contributed by atoms with Crippen molar-refractivity contribution in [3.05, 3.63) is 58.1 Å². The van der Waals surface area contributed by atoms with E-state index in [0.29, 0.717) is 0 Å². The Labute approximate surface area is 124 Å². The molecule has 0 saturated carbocycles. The minimum absolute atomic E-state index is 0.818. The van der Waals surface area contributed by atoms with Crippen LogP contribution in [0.25, 0.3) is 0 Å². The van der Waals surface area contributed by atoms with Crippen LogP contribution in [0.15, 0.2) is 46.2 Å². The first-order valence-electron chi connectivity index (χ1n) is 6.29. The van der Waals surface area contributed by atoms with E-state index in [2.05, 4.69) is 43.4 Å². The summed E-state index contributed by atoms with van der Waals surface area (Å²) in [6, 6.07) is 12.6. The Bertz CT molecular complexity index is 581. The average molecular weight is 292 g/mol.